The van der Waals surface area contributed by atoms with Crippen LogP contribution in [0.3, 0.4) is 0 Å². The van der Waals surface area contributed by atoms with Crippen molar-refractivity contribution in [1.82, 2.24) is 15.0 Å². The summed E-state index contributed by atoms with van der Waals surface area (Å²) in [4.78, 5) is 25.9. The Morgan fingerprint density at radius 2 is 2.09 bits per heavy atom. The number of ether oxygens (including phenoxy) is 1. The lowest BCUT2D eigenvalue weighted by atomic mass is 10.2. The molecule has 1 N–H and O–H groups in total. The minimum Gasteiger partial charge on any atom is -0.462 e. The molecular formula is C15H14N4O2S. The van der Waals surface area contributed by atoms with E-state index in [0.29, 0.717) is 17.3 Å². The van der Waals surface area contributed by atoms with E-state index in [4.69, 9.17) is 4.74 Å². The number of nitrogens with zero attached hydrogens (tertiary/aromatic N) is 3. The number of carbonyl (C=O) groups excluding carboxylic acids is 1. The van der Waals surface area contributed by atoms with Gasteiger partial charge in [0.05, 0.1) is 12.0 Å². The summed E-state index contributed by atoms with van der Waals surface area (Å²) >= 11 is 1.32. The summed E-state index contributed by atoms with van der Waals surface area (Å²) < 4.78 is 5.09. The van der Waals surface area contributed by atoms with Crippen LogP contribution in [-0.4, -0.2) is 27.5 Å². The van der Waals surface area contributed by atoms with E-state index in [0.717, 1.165) is 21.5 Å². The first kappa shape index (κ1) is 14.4. The maximum absolute atomic E-state index is 12.0. The minimum atomic E-state index is -0.321. The van der Waals surface area contributed by atoms with E-state index < -0.39 is 0 Å². The lowest BCUT2D eigenvalue weighted by Crippen LogP contribution is -2.03. The second-order valence-corrected chi connectivity index (χ2v) is 5.54. The first-order valence-electron chi connectivity index (χ1n) is 6.79. The zero-order valence-electron chi connectivity index (χ0n) is 12.2. The zero-order valence-corrected chi connectivity index (χ0v) is 13.0. The van der Waals surface area contributed by atoms with Crippen molar-refractivity contribution in [3.8, 4) is 0 Å². The van der Waals surface area contributed by atoms with Gasteiger partial charge >= 0.3 is 5.97 Å². The standard InChI is InChI=1S/C15H14N4O2S/c1-3-21-15(20)12-9(2)11-13(17-8-18-14(11)22-12)19-10-4-6-16-7-5-10/h4-8H,3H2,1-2H3,(H,16,17,18,19). The summed E-state index contributed by atoms with van der Waals surface area (Å²) in [6, 6.07) is 3.70. The minimum absolute atomic E-state index is 0.321. The molecule has 3 heterocycles. The van der Waals surface area contributed by atoms with Gasteiger partial charge < -0.3 is 10.1 Å². The van der Waals surface area contributed by atoms with E-state index in [-0.39, 0.29) is 5.97 Å². The van der Waals surface area contributed by atoms with E-state index in [1.54, 1.807) is 19.3 Å². The highest BCUT2D eigenvalue weighted by Gasteiger charge is 2.20. The Hall–Kier alpha value is -2.54. The Morgan fingerprint density at radius 3 is 2.82 bits per heavy atom. The summed E-state index contributed by atoms with van der Waals surface area (Å²) in [6.45, 7) is 4.02. The lowest BCUT2D eigenvalue weighted by molar-refractivity contribution is 0.0531. The van der Waals surface area contributed by atoms with Gasteiger partial charge in [-0.05, 0) is 31.5 Å². The molecule has 22 heavy (non-hydrogen) atoms. The van der Waals surface area contributed by atoms with Crippen LogP contribution in [0.5, 0.6) is 0 Å². The van der Waals surface area contributed by atoms with Crippen LogP contribution in [0.25, 0.3) is 10.2 Å². The third-order valence-corrected chi connectivity index (χ3v) is 4.31. The second-order valence-electron chi connectivity index (χ2n) is 4.54. The molecule has 0 aromatic carbocycles. The zero-order chi connectivity index (χ0) is 15.5. The number of aryl methyl sites for hydroxylation is 1. The van der Waals surface area contributed by atoms with Gasteiger partial charge in [0.15, 0.2) is 0 Å². The average molecular weight is 314 g/mol. The van der Waals surface area contributed by atoms with Crippen molar-refractivity contribution in [2.75, 3.05) is 11.9 Å². The molecule has 0 aliphatic carbocycles. The molecule has 7 heteroatoms. The fraction of sp³-hybridized carbons (Fsp3) is 0.200. The van der Waals surface area contributed by atoms with Crippen molar-refractivity contribution in [1.29, 1.82) is 0 Å². The van der Waals surface area contributed by atoms with Crippen molar-refractivity contribution in [2.24, 2.45) is 0 Å². The summed E-state index contributed by atoms with van der Waals surface area (Å²) in [5, 5.41) is 4.08. The van der Waals surface area contributed by atoms with Gasteiger partial charge in [-0.15, -0.1) is 11.3 Å². The van der Waals surface area contributed by atoms with Crippen LogP contribution in [0.15, 0.2) is 30.9 Å². The summed E-state index contributed by atoms with van der Waals surface area (Å²) in [6.07, 6.45) is 4.88. The third kappa shape index (κ3) is 2.62. The van der Waals surface area contributed by atoms with Gasteiger partial charge in [-0.2, -0.15) is 0 Å². The molecule has 0 radical (unpaired) electrons. The number of hydrogen-bond acceptors (Lipinski definition) is 7. The molecule has 0 unspecified atom stereocenters. The molecule has 112 valence electrons. The third-order valence-electron chi connectivity index (χ3n) is 3.13. The van der Waals surface area contributed by atoms with Crippen molar-refractivity contribution >= 4 is 39.0 Å². The Labute approximate surface area is 131 Å². The van der Waals surface area contributed by atoms with Gasteiger partial charge in [0, 0.05) is 18.1 Å². The maximum Gasteiger partial charge on any atom is 0.348 e. The lowest BCUT2D eigenvalue weighted by Gasteiger charge is -2.06. The van der Waals surface area contributed by atoms with Crippen molar-refractivity contribution in [3.05, 3.63) is 41.3 Å². The van der Waals surface area contributed by atoms with Crippen LogP contribution in [0.1, 0.15) is 22.2 Å². The SMILES string of the molecule is CCOC(=O)c1sc2ncnc(Nc3ccncc3)c2c1C. The van der Waals surface area contributed by atoms with Crippen molar-refractivity contribution in [3.63, 3.8) is 0 Å². The van der Waals surface area contributed by atoms with Crippen LogP contribution in [-0.2, 0) is 4.74 Å². The predicted octanol–water partition coefficient (Wildman–Crippen LogP) is 3.32. The summed E-state index contributed by atoms with van der Waals surface area (Å²) in [5.41, 5.74) is 1.70. The van der Waals surface area contributed by atoms with Gasteiger partial charge in [0.25, 0.3) is 0 Å². The topological polar surface area (TPSA) is 77.0 Å². The highest BCUT2D eigenvalue weighted by molar-refractivity contribution is 7.20. The largest absolute Gasteiger partial charge is 0.462 e. The number of carbonyl (C=O) groups is 1. The van der Waals surface area contributed by atoms with Crippen LogP contribution >= 0.6 is 11.3 Å². The highest BCUT2D eigenvalue weighted by atomic mass is 32.1. The molecule has 3 rings (SSSR count). The molecule has 3 aromatic heterocycles. The summed E-state index contributed by atoms with van der Waals surface area (Å²) in [7, 11) is 0. The second kappa shape index (κ2) is 6.07. The molecule has 0 aliphatic heterocycles. The quantitative estimate of drug-likeness (QED) is 0.744. The van der Waals surface area contributed by atoms with E-state index in [1.807, 2.05) is 19.1 Å². The number of anilines is 2. The number of rotatable bonds is 4. The number of fused-ring (bicyclic) bond motifs is 1. The van der Waals surface area contributed by atoms with Gasteiger partial charge in [0.2, 0.25) is 0 Å². The Morgan fingerprint density at radius 1 is 1.32 bits per heavy atom. The number of thiophene rings is 1. The molecule has 3 aromatic rings. The molecule has 6 nitrogen and oxygen atoms in total. The van der Waals surface area contributed by atoms with Crippen molar-refractivity contribution in [2.45, 2.75) is 13.8 Å². The van der Waals surface area contributed by atoms with E-state index >= 15 is 0 Å². The monoisotopic (exact) mass is 314 g/mol. The van der Waals surface area contributed by atoms with Gasteiger partial charge in [-0.1, -0.05) is 0 Å². The van der Waals surface area contributed by atoms with Crippen LogP contribution in [0, 0.1) is 6.92 Å². The van der Waals surface area contributed by atoms with E-state index in [2.05, 4.69) is 20.3 Å². The van der Waals surface area contributed by atoms with E-state index in [1.165, 1.54) is 17.7 Å². The molecule has 0 fully saturated rings. The number of hydrogen-bond donors (Lipinski definition) is 1. The van der Waals surface area contributed by atoms with Gasteiger partial charge in [-0.3, -0.25) is 4.98 Å². The number of esters is 1. The van der Waals surface area contributed by atoms with Gasteiger partial charge in [0.1, 0.15) is 21.9 Å². The number of aromatic nitrogens is 3. The van der Waals surface area contributed by atoms with E-state index in [9.17, 15) is 4.79 Å². The smallest absolute Gasteiger partial charge is 0.348 e. The first-order chi connectivity index (χ1) is 10.7. The average Bonchev–Trinajstić information content (AvgIpc) is 2.87. The Balaban J connectivity index is 2.06. The van der Waals surface area contributed by atoms with Crippen LogP contribution in [0.4, 0.5) is 11.5 Å². The molecule has 0 aliphatic rings. The molecule has 0 bridgehead atoms. The van der Waals surface area contributed by atoms with Crippen LogP contribution in [0.2, 0.25) is 0 Å². The summed E-state index contributed by atoms with van der Waals surface area (Å²) in [5.74, 6) is 0.346. The molecule has 0 spiro atoms. The normalized spacial score (nSPS) is 10.6. The highest BCUT2D eigenvalue weighted by Crippen LogP contribution is 2.34. The maximum atomic E-state index is 12.0. The molecule has 0 amide bonds. The number of nitrogens with one attached hydrogen (secondary N) is 1. The Kier molecular flexibility index (Phi) is 3.97. The number of pyridine rings is 1. The predicted molar refractivity (Wildman–Crippen MR) is 85.6 cm³/mol. The first-order valence-corrected chi connectivity index (χ1v) is 7.60. The molecule has 0 atom stereocenters. The fourth-order valence-corrected chi connectivity index (χ4v) is 3.17. The van der Waals surface area contributed by atoms with Crippen molar-refractivity contribution < 1.29 is 9.53 Å². The molecule has 0 saturated heterocycles. The fourth-order valence-electron chi connectivity index (χ4n) is 2.13. The van der Waals surface area contributed by atoms with Crippen LogP contribution < -0.4 is 5.32 Å². The molecule has 0 saturated carbocycles. The Bertz CT molecular complexity index is 817. The van der Waals surface area contributed by atoms with Gasteiger partial charge in [-0.25, -0.2) is 14.8 Å². The molecular weight excluding hydrogens is 300 g/mol.